The SMILES string of the molecule is CC(NC(=O)c1cc2ccccc2oc1=O)c1cccs1. The van der Waals surface area contributed by atoms with Gasteiger partial charge in [0.15, 0.2) is 0 Å². The van der Waals surface area contributed by atoms with Crippen molar-refractivity contribution in [3.8, 4) is 0 Å². The molecule has 0 aliphatic carbocycles. The standard InChI is InChI=1S/C16H13NO3S/c1-10(14-7-4-8-21-14)17-15(18)12-9-11-5-2-3-6-13(11)20-16(12)19/h2-10H,1H3,(H,17,18). The maximum Gasteiger partial charge on any atom is 0.349 e. The Hall–Kier alpha value is -2.40. The van der Waals surface area contributed by atoms with Crippen LogP contribution in [0.1, 0.15) is 28.2 Å². The van der Waals surface area contributed by atoms with E-state index in [1.54, 1.807) is 35.6 Å². The van der Waals surface area contributed by atoms with Crippen LogP contribution in [0.2, 0.25) is 0 Å². The van der Waals surface area contributed by atoms with E-state index in [0.717, 1.165) is 10.3 Å². The first-order chi connectivity index (χ1) is 10.1. The zero-order valence-electron chi connectivity index (χ0n) is 11.3. The van der Waals surface area contributed by atoms with Crippen LogP contribution in [-0.2, 0) is 0 Å². The Labute approximate surface area is 125 Å². The van der Waals surface area contributed by atoms with E-state index in [9.17, 15) is 9.59 Å². The van der Waals surface area contributed by atoms with Crippen LogP contribution in [0.15, 0.2) is 57.1 Å². The van der Waals surface area contributed by atoms with Gasteiger partial charge in [0, 0.05) is 10.3 Å². The number of benzene rings is 1. The summed E-state index contributed by atoms with van der Waals surface area (Å²) in [6, 6.07) is 12.4. The van der Waals surface area contributed by atoms with E-state index in [4.69, 9.17) is 4.42 Å². The quantitative estimate of drug-likeness (QED) is 0.755. The molecule has 3 rings (SSSR count). The average molecular weight is 299 g/mol. The summed E-state index contributed by atoms with van der Waals surface area (Å²) >= 11 is 1.56. The van der Waals surface area contributed by atoms with Gasteiger partial charge in [0.1, 0.15) is 11.1 Å². The van der Waals surface area contributed by atoms with Gasteiger partial charge in [-0.3, -0.25) is 4.79 Å². The predicted octanol–water partition coefficient (Wildman–Crippen LogP) is 3.35. The first-order valence-corrected chi connectivity index (χ1v) is 7.40. The molecule has 1 atom stereocenters. The molecule has 0 radical (unpaired) electrons. The number of rotatable bonds is 3. The number of thiophene rings is 1. The van der Waals surface area contributed by atoms with Crippen LogP contribution in [0.5, 0.6) is 0 Å². The summed E-state index contributed by atoms with van der Waals surface area (Å²) in [5.74, 6) is -0.421. The van der Waals surface area contributed by atoms with Crippen molar-refractivity contribution in [2.45, 2.75) is 13.0 Å². The monoisotopic (exact) mass is 299 g/mol. The number of carbonyl (C=O) groups is 1. The molecule has 106 valence electrons. The molecule has 0 bridgehead atoms. The summed E-state index contributed by atoms with van der Waals surface area (Å²) in [5, 5.41) is 5.49. The van der Waals surface area contributed by atoms with Crippen LogP contribution >= 0.6 is 11.3 Å². The zero-order valence-corrected chi connectivity index (χ0v) is 12.1. The molecular formula is C16H13NO3S. The molecule has 2 aromatic heterocycles. The van der Waals surface area contributed by atoms with E-state index in [1.807, 2.05) is 30.5 Å². The van der Waals surface area contributed by atoms with Crippen molar-refractivity contribution in [2.75, 3.05) is 0 Å². The Morgan fingerprint density at radius 3 is 2.81 bits per heavy atom. The first-order valence-electron chi connectivity index (χ1n) is 6.52. The summed E-state index contributed by atoms with van der Waals surface area (Å²) in [6.45, 7) is 1.88. The van der Waals surface area contributed by atoms with E-state index in [0.29, 0.717) is 5.58 Å². The average Bonchev–Trinajstić information content (AvgIpc) is 3.00. The Balaban J connectivity index is 1.91. The number of amides is 1. The molecule has 1 N–H and O–H groups in total. The molecule has 0 saturated heterocycles. The van der Waals surface area contributed by atoms with E-state index < -0.39 is 11.5 Å². The number of hydrogen-bond donors (Lipinski definition) is 1. The van der Waals surface area contributed by atoms with Crippen LogP contribution in [-0.4, -0.2) is 5.91 Å². The van der Waals surface area contributed by atoms with Crippen molar-refractivity contribution >= 4 is 28.2 Å². The first kappa shape index (κ1) is 13.6. The molecule has 21 heavy (non-hydrogen) atoms. The van der Waals surface area contributed by atoms with Crippen LogP contribution in [0.4, 0.5) is 0 Å². The smallest absolute Gasteiger partial charge is 0.349 e. The van der Waals surface area contributed by atoms with Gasteiger partial charge in [0.2, 0.25) is 0 Å². The van der Waals surface area contributed by atoms with Crippen LogP contribution in [0.25, 0.3) is 11.0 Å². The highest BCUT2D eigenvalue weighted by atomic mass is 32.1. The molecule has 0 spiro atoms. The Bertz CT molecular complexity index is 836. The van der Waals surface area contributed by atoms with Gasteiger partial charge in [-0.25, -0.2) is 4.79 Å². The third-order valence-corrected chi connectivity index (χ3v) is 4.26. The highest BCUT2D eigenvalue weighted by Crippen LogP contribution is 2.19. The molecule has 2 heterocycles. The van der Waals surface area contributed by atoms with Gasteiger partial charge in [0.05, 0.1) is 6.04 Å². The van der Waals surface area contributed by atoms with E-state index >= 15 is 0 Å². The molecule has 0 saturated carbocycles. The lowest BCUT2D eigenvalue weighted by molar-refractivity contribution is 0.0937. The summed E-state index contributed by atoms with van der Waals surface area (Å²) in [6.07, 6.45) is 0. The second kappa shape index (κ2) is 5.54. The van der Waals surface area contributed by atoms with Crippen molar-refractivity contribution in [3.63, 3.8) is 0 Å². The van der Waals surface area contributed by atoms with Crippen LogP contribution in [0, 0.1) is 0 Å². The zero-order chi connectivity index (χ0) is 14.8. The third-order valence-electron chi connectivity index (χ3n) is 3.20. The summed E-state index contributed by atoms with van der Waals surface area (Å²) in [7, 11) is 0. The number of fused-ring (bicyclic) bond motifs is 1. The van der Waals surface area contributed by atoms with Crippen LogP contribution in [0.3, 0.4) is 0 Å². The van der Waals surface area contributed by atoms with Gasteiger partial charge in [0.25, 0.3) is 5.91 Å². The molecule has 0 aliphatic heterocycles. The lowest BCUT2D eigenvalue weighted by Gasteiger charge is -2.11. The minimum absolute atomic E-state index is 0.0251. The lowest BCUT2D eigenvalue weighted by atomic mass is 10.1. The van der Waals surface area contributed by atoms with Crippen molar-refractivity contribution in [3.05, 3.63) is 68.7 Å². The predicted molar refractivity (Wildman–Crippen MR) is 82.7 cm³/mol. The van der Waals surface area contributed by atoms with Crippen molar-refractivity contribution < 1.29 is 9.21 Å². The van der Waals surface area contributed by atoms with Gasteiger partial charge in [-0.2, -0.15) is 0 Å². The fraction of sp³-hybridized carbons (Fsp3) is 0.125. The van der Waals surface area contributed by atoms with E-state index in [1.165, 1.54) is 0 Å². The van der Waals surface area contributed by atoms with Gasteiger partial charge >= 0.3 is 5.63 Å². The Morgan fingerprint density at radius 2 is 2.05 bits per heavy atom. The fourth-order valence-electron chi connectivity index (χ4n) is 2.10. The van der Waals surface area contributed by atoms with Crippen molar-refractivity contribution in [2.24, 2.45) is 0 Å². The third kappa shape index (κ3) is 2.73. The second-order valence-corrected chi connectivity index (χ2v) is 5.68. The highest BCUT2D eigenvalue weighted by Gasteiger charge is 2.16. The van der Waals surface area contributed by atoms with Crippen LogP contribution < -0.4 is 10.9 Å². The second-order valence-electron chi connectivity index (χ2n) is 4.70. The van der Waals surface area contributed by atoms with Gasteiger partial charge < -0.3 is 9.73 Å². The van der Waals surface area contributed by atoms with E-state index in [2.05, 4.69) is 5.32 Å². The number of nitrogens with one attached hydrogen (secondary N) is 1. The maximum atomic E-state index is 12.2. The van der Waals surface area contributed by atoms with Gasteiger partial charge in [-0.15, -0.1) is 11.3 Å². The molecule has 1 unspecified atom stereocenters. The maximum absolute atomic E-state index is 12.2. The van der Waals surface area contributed by atoms with Crippen molar-refractivity contribution in [1.29, 1.82) is 0 Å². The molecular weight excluding hydrogens is 286 g/mol. The molecule has 3 aromatic rings. The molecule has 5 heteroatoms. The molecule has 0 aliphatic rings. The highest BCUT2D eigenvalue weighted by molar-refractivity contribution is 7.10. The normalized spacial score (nSPS) is 12.2. The largest absolute Gasteiger partial charge is 0.422 e. The fourth-order valence-corrected chi connectivity index (χ4v) is 2.84. The summed E-state index contributed by atoms with van der Waals surface area (Å²) in [4.78, 5) is 25.2. The summed E-state index contributed by atoms with van der Waals surface area (Å²) < 4.78 is 5.17. The Morgan fingerprint density at radius 1 is 1.24 bits per heavy atom. The molecule has 1 aromatic carbocycles. The Kier molecular flexibility index (Phi) is 3.58. The van der Waals surface area contributed by atoms with Gasteiger partial charge in [-0.05, 0) is 30.5 Å². The summed E-state index contributed by atoms with van der Waals surface area (Å²) in [5.41, 5.74) is -0.118. The molecule has 0 fully saturated rings. The molecule has 4 nitrogen and oxygen atoms in total. The van der Waals surface area contributed by atoms with Crippen molar-refractivity contribution in [1.82, 2.24) is 5.32 Å². The molecule has 1 amide bonds. The minimum Gasteiger partial charge on any atom is -0.422 e. The number of para-hydroxylation sites is 1. The van der Waals surface area contributed by atoms with E-state index in [-0.39, 0.29) is 11.6 Å². The number of hydrogen-bond acceptors (Lipinski definition) is 4. The number of carbonyl (C=O) groups excluding carboxylic acids is 1. The topological polar surface area (TPSA) is 59.3 Å². The minimum atomic E-state index is -0.621. The lowest BCUT2D eigenvalue weighted by Crippen LogP contribution is -2.30. The van der Waals surface area contributed by atoms with Gasteiger partial charge in [-0.1, -0.05) is 24.3 Å².